The van der Waals surface area contributed by atoms with Gasteiger partial charge in [0.25, 0.3) is 0 Å². The van der Waals surface area contributed by atoms with E-state index in [1.54, 1.807) is 0 Å². The lowest BCUT2D eigenvalue weighted by molar-refractivity contribution is -0.136. The number of aliphatic carboxylic acids is 1. The maximum atomic E-state index is 11.3. The molecule has 0 saturated carbocycles. The lowest BCUT2D eigenvalue weighted by Crippen LogP contribution is -2.26. The number of carboxylic acid groups (broad SMARTS) is 1. The maximum absolute atomic E-state index is 11.3. The summed E-state index contributed by atoms with van der Waals surface area (Å²) < 4.78 is 0. The molecule has 0 radical (unpaired) electrons. The van der Waals surface area contributed by atoms with Gasteiger partial charge >= 0.3 is 5.97 Å². The zero-order valence-electron chi connectivity index (χ0n) is 8.79. The number of allylic oxidation sites excluding steroid dienone is 1. The summed E-state index contributed by atoms with van der Waals surface area (Å²) in [6.45, 7) is 0.224. The van der Waals surface area contributed by atoms with Gasteiger partial charge in [-0.3, -0.25) is 9.59 Å². The number of amides is 1. The van der Waals surface area contributed by atoms with Crippen LogP contribution in [-0.4, -0.2) is 23.5 Å². The van der Waals surface area contributed by atoms with E-state index in [2.05, 4.69) is 11.4 Å². The van der Waals surface area contributed by atoms with Gasteiger partial charge in [-0.2, -0.15) is 0 Å². The summed E-state index contributed by atoms with van der Waals surface area (Å²) in [5.41, 5.74) is 1.19. The number of hydrogen-bond donors (Lipinski definition) is 2. The molecule has 1 aliphatic carbocycles. The molecule has 0 saturated heterocycles. The van der Waals surface area contributed by atoms with E-state index in [4.69, 9.17) is 5.11 Å². The summed E-state index contributed by atoms with van der Waals surface area (Å²) in [5, 5.41) is 11.0. The predicted molar refractivity (Wildman–Crippen MR) is 56.4 cm³/mol. The fourth-order valence-electron chi connectivity index (χ4n) is 1.64. The fraction of sp³-hybridized carbons (Fsp3) is 0.636. The Morgan fingerprint density at radius 1 is 1.40 bits per heavy atom. The SMILES string of the molecule is O=C(O)CCNC(=O)CC1=CCCCC1. The zero-order chi connectivity index (χ0) is 11.1. The molecule has 0 aliphatic heterocycles. The van der Waals surface area contributed by atoms with Gasteiger partial charge in [0.1, 0.15) is 0 Å². The van der Waals surface area contributed by atoms with Crippen molar-refractivity contribution in [1.29, 1.82) is 0 Å². The third kappa shape index (κ3) is 5.20. The Kier molecular flexibility index (Phi) is 4.87. The first-order valence-corrected chi connectivity index (χ1v) is 5.35. The van der Waals surface area contributed by atoms with Crippen LogP contribution in [0.25, 0.3) is 0 Å². The Hall–Kier alpha value is -1.32. The van der Waals surface area contributed by atoms with Crippen LogP contribution in [0.15, 0.2) is 11.6 Å². The average Bonchev–Trinajstić information content (AvgIpc) is 2.18. The Balaban J connectivity index is 2.17. The van der Waals surface area contributed by atoms with E-state index in [0.29, 0.717) is 6.42 Å². The predicted octanol–water partition coefficient (Wildman–Crippen LogP) is 1.47. The Labute approximate surface area is 89.4 Å². The monoisotopic (exact) mass is 211 g/mol. The number of carbonyl (C=O) groups is 2. The topological polar surface area (TPSA) is 66.4 Å². The molecule has 0 unspecified atom stereocenters. The zero-order valence-corrected chi connectivity index (χ0v) is 8.79. The normalized spacial score (nSPS) is 15.6. The molecular formula is C11H17NO3. The van der Waals surface area contributed by atoms with Gasteiger partial charge in [0.2, 0.25) is 5.91 Å². The summed E-state index contributed by atoms with van der Waals surface area (Å²) in [4.78, 5) is 21.6. The fourth-order valence-corrected chi connectivity index (χ4v) is 1.64. The summed E-state index contributed by atoms with van der Waals surface area (Å²) in [6, 6.07) is 0. The minimum absolute atomic E-state index is 0.00914. The van der Waals surface area contributed by atoms with Gasteiger partial charge in [-0.1, -0.05) is 11.6 Å². The number of nitrogens with one attached hydrogen (secondary N) is 1. The molecule has 0 heterocycles. The first-order valence-electron chi connectivity index (χ1n) is 5.35. The highest BCUT2D eigenvalue weighted by molar-refractivity contribution is 5.79. The number of carbonyl (C=O) groups excluding carboxylic acids is 1. The molecule has 2 N–H and O–H groups in total. The third-order valence-electron chi connectivity index (χ3n) is 2.43. The Bertz CT molecular complexity index is 271. The highest BCUT2D eigenvalue weighted by Gasteiger charge is 2.08. The van der Waals surface area contributed by atoms with Crippen molar-refractivity contribution in [2.45, 2.75) is 38.5 Å². The Morgan fingerprint density at radius 3 is 2.80 bits per heavy atom. The number of rotatable bonds is 5. The molecule has 1 rings (SSSR count). The van der Waals surface area contributed by atoms with Crippen molar-refractivity contribution in [2.75, 3.05) is 6.54 Å². The van der Waals surface area contributed by atoms with E-state index < -0.39 is 5.97 Å². The number of hydrogen-bond acceptors (Lipinski definition) is 2. The first-order chi connectivity index (χ1) is 7.18. The van der Waals surface area contributed by atoms with Crippen LogP contribution < -0.4 is 5.32 Å². The van der Waals surface area contributed by atoms with E-state index in [-0.39, 0.29) is 18.9 Å². The lowest BCUT2D eigenvalue weighted by atomic mass is 9.97. The van der Waals surface area contributed by atoms with Crippen molar-refractivity contribution in [3.8, 4) is 0 Å². The van der Waals surface area contributed by atoms with Crippen LogP contribution in [0, 0.1) is 0 Å². The van der Waals surface area contributed by atoms with Crippen LogP contribution in [0.3, 0.4) is 0 Å². The van der Waals surface area contributed by atoms with E-state index in [9.17, 15) is 9.59 Å². The van der Waals surface area contributed by atoms with Gasteiger partial charge in [-0.25, -0.2) is 0 Å². The highest BCUT2D eigenvalue weighted by Crippen LogP contribution is 2.19. The summed E-state index contributed by atoms with van der Waals surface area (Å²) in [5.74, 6) is -0.948. The average molecular weight is 211 g/mol. The minimum atomic E-state index is -0.882. The van der Waals surface area contributed by atoms with E-state index >= 15 is 0 Å². The third-order valence-corrected chi connectivity index (χ3v) is 2.43. The van der Waals surface area contributed by atoms with Crippen molar-refractivity contribution >= 4 is 11.9 Å². The molecule has 0 bridgehead atoms. The summed E-state index contributed by atoms with van der Waals surface area (Å²) in [6.07, 6.45) is 6.99. The van der Waals surface area contributed by atoms with Gasteiger partial charge < -0.3 is 10.4 Å². The molecule has 1 amide bonds. The second-order valence-corrected chi connectivity index (χ2v) is 3.78. The molecule has 1 aliphatic rings. The second-order valence-electron chi connectivity index (χ2n) is 3.78. The smallest absolute Gasteiger partial charge is 0.305 e. The second kappa shape index (κ2) is 6.22. The lowest BCUT2D eigenvalue weighted by Gasteiger charge is -2.12. The van der Waals surface area contributed by atoms with Gasteiger partial charge in [0, 0.05) is 13.0 Å². The number of carboxylic acids is 1. The molecule has 15 heavy (non-hydrogen) atoms. The van der Waals surface area contributed by atoms with Gasteiger partial charge in [0.15, 0.2) is 0 Å². The van der Waals surface area contributed by atoms with Crippen molar-refractivity contribution in [3.05, 3.63) is 11.6 Å². The molecule has 4 nitrogen and oxygen atoms in total. The van der Waals surface area contributed by atoms with Gasteiger partial charge in [-0.15, -0.1) is 0 Å². The molecule has 84 valence electrons. The van der Waals surface area contributed by atoms with Crippen molar-refractivity contribution in [3.63, 3.8) is 0 Å². The Morgan fingerprint density at radius 2 is 2.20 bits per heavy atom. The quantitative estimate of drug-likeness (QED) is 0.677. The van der Waals surface area contributed by atoms with E-state index in [1.807, 2.05) is 0 Å². The van der Waals surface area contributed by atoms with Crippen LogP contribution in [0.5, 0.6) is 0 Å². The maximum Gasteiger partial charge on any atom is 0.305 e. The van der Waals surface area contributed by atoms with Crippen LogP contribution in [0.2, 0.25) is 0 Å². The van der Waals surface area contributed by atoms with Gasteiger partial charge in [-0.05, 0) is 25.7 Å². The molecule has 0 spiro atoms. The molecule has 0 aromatic heterocycles. The molecule has 0 atom stereocenters. The largest absolute Gasteiger partial charge is 0.481 e. The highest BCUT2D eigenvalue weighted by atomic mass is 16.4. The summed E-state index contributed by atoms with van der Waals surface area (Å²) in [7, 11) is 0. The van der Waals surface area contributed by atoms with Crippen LogP contribution >= 0.6 is 0 Å². The molecule has 0 aromatic rings. The van der Waals surface area contributed by atoms with Crippen LogP contribution in [0.1, 0.15) is 38.5 Å². The summed E-state index contributed by atoms with van der Waals surface area (Å²) >= 11 is 0. The van der Waals surface area contributed by atoms with Crippen LogP contribution in [0.4, 0.5) is 0 Å². The van der Waals surface area contributed by atoms with Crippen molar-refractivity contribution < 1.29 is 14.7 Å². The van der Waals surface area contributed by atoms with Crippen molar-refractivity contribution in [2.24, 2.45) is 0 Å². The molecule has 0 aromatic carbocycles. The van der Waals surface area contributed by atoms with E-state index in [0.717, 1.165) is 19.3 Å². The van der Waals surface area contributed by atoms with Crippen LogP contribution in [-0.2, 0) is 9.59 Å². The first kappa shape index (κ1) is 11.8. The standard InChI is InChI=1S/C11H17NO3/c13-10(12-7-6-11(14)15)8-9-4-2-1-3-5-9/h4H,1-3,5-8H2,(H,12,13)(H,14,15). The molecule has 4 heteroatoms. The van der Waals surface area contributed by atoms with Gasteiger partial charge in [0.05, 0.1) is 6.42 Å². The molecule has 0 fully saturated rings. The molecular weight excluding hydrogens is 194 g/mol. The van der Waals surface area contributed by atoms with E-state index in [1.165, 1.54) is 12.0 Å². The minimum Gasteiger partial charge on any atom is -0.481 e. The van der Waals surface area contributed by atoms with Crippen molar-refractivity contribution in [1.82, 2.24) is 5.32 Å².